The normalized spacial score (nSPS) is 30.8. The SMILES string of the molecule is CCOC1C(COP(=O)(O)OC2C(F)C(O)OC2n2cnc3c(=O)[nH]c(N)nc32)OC(n2cnc3c(N)ncnc32)C1F. The summed E-state index contributed by atoms with van der Waals surface area (Å²) in [6.07, 6.45) is -10.2. The zero-order chi connectivity index (χ0) is 30.6. The van der Waals surface area contributed by atoms with Gasteiger partial charge in [-0.25, -0.2) is 33.3 Å². The number of nitrogens with one attached hydrogen (secondary N) is 1. The van der Waals surface area contributed by atoms with Crippen LogP contribution >= 0.6 is 7.82 Å². The first-order chi connectivity index (χ1) is 20.5. The second-order valence-electron chi connectivity index (χ2n) is 9.48. The molecule has 2 aliphatic rings. The van der Waals surface area contributed by atoms with E-state index in [4.69, 9.17) is 34.7 Å². The van der Waals surface area contributed by atoms with E-state index in [0.29, 0.717) is 0 Å². The van der Waals surface area contributed by atoms with Crippen molar-refractivity contribution in [2.45, 2.75) is 56.3 Å². The predicted molar refractivity (Wildman–Crippen MR) is 138 cm³/mol. The Morgan fingerprint density at radius 1 is 1.05 bits per heavy atom. The van der Waals surface area contributed by atoms with E-state index in [0.717, 1.165) is 10.9 Å². The van der Waals surface area contributed by atoms with Crippen molar-refractivity contribution >= 4 is 41.9 Å². The molecule has 19 nitrogen and oxygen atoms in total. The number of alkyl halides is 2. The lowest BCUT2D eigenvalue weighted by Crippen LogP contribution is -2.35. The molecule has 2 fully saturated rings. The summed E-state index contributed by atoms with van der Waals surface area (Å²) < 4.78 is 72.4. The molecule has 6 rings (SSSR count). The molecule has 4 aromatic heterocycles. The maximum Gasteiger partial charge on any atom is 0.472 e. The molecule has 0 saturated carbocycles. The van der Waals surface area contributed by atoms with Gasteiger partial charge in [0, 0.05) is 6.61 Å². The lowest BCUT2D eigenvalue weighted by atomic mass is 10.1. The van der Waals surface area contributed by atoms with Crippen molar-refractivity contribution in [3.8, 4) is 0 Å². The Hall–Kier alpha value is -3.69. The minimum atomic E-state index is -5.16. The van der Waals surface area contributed by atoms with Crippen LogP contribution in [-0.2, 0) is 27.8 Å². The van der Waals surface area contributed by atoms with Gasteiger partial charge >= 0.3 is 7.82 Å². The minimum absolute atomic E-state index is 0.0630. The van der Waals surface area contributed by atoms with Crippen LogP contribution in [0.3, 0.4) is 0 Å². The molecule has 9 atom stereocenters. The van der Waals surface area contributed by atoms with Crippen LogP contribution in [0.5, 0.6) is 0 Å². The Labute approximate surface area is 238 Å². The number of anilines is 2. The Kier molecular flexibility index (Phi) is 7.59. The van der Waals surface area contributed by atoms with Gasteiger partial charge in [-0.15, -0.1) is 0 Å². The number of aromatic nitrogens is 8. The van der Waals surface area contributed by atoms with Gasteiger partial charge in [0.2, 0.25) is 5.95 Å². The molecule has 6 heterocycles. The lowest BCUT2D eigenvalue weighted by molar-refractivity contribution is -0.131. The van der Waals surface area contributed by atoms with E-state index in [2.05, 4.69) is 29.9 Å². The molecule has 0 radical (unpaired) electrons. The first-order valence-corrected chi connectivity index (χ1v) is 14.2. The Balaban J connectivity index is 1.20. The molecular formula is C21H25F2N10O9P. The molecule has 2 saturated heterocycles. The molecule has 7 N–H and O–H groups in total. The number of aromatic amines is 1. The topological polar surface area (TPSA) is 263 Å². The number of rotatable bonds is 9. The highest BCUT2D eigenvalue weighted by Crippen LogP contribution is 2.50. The van der Waals surface area contributed by atoms with Crippen molar-refractivity contribution in [1.82, 2.24) is 39.0 Å². The van der Waals surface area contributed by atoms with E-state index in [-0.39, 0.29) is 40.7 Å². The number of ether oxygens (including phenoxy) is 3. The van der Waals surface area contributed by atoms with Gasteiger partial charge in [-0.05, 0) is 6.92 Å². The van der Waals surface area contributed by atoms with Crippen LogP contribution < -0.4 is 17.0 Å². The fourth-order valence-electron chi connectivity index (χ4n) is 4.93. The number of aliphatic hydroxyl groups is 1. The Morgan fingerprint density at radius 2 is 1.77 bits per heavy atom. The van der Waals surface area contributed by atoms with Gasteiger partial charge in [-0.2, -0.15) is 4.98 Å². The maximum absolute atomic E-state index is 15.6. The van der Waals surface area contributed by atoms with Gasteiger partial charge in [-0.1, -0.05) is 0 Å². The third kappa shape index (κ3) is 5.23. The summed E-state index contributed by atoms with van der Waals surface area (Å²) in [6, 6.07) is 0. The summed E-state index contributed by atoms with van der Waals surface area (Å²) >= 11 is 0. The number of halogens is 2. The van der Waals surface area contributed by atoms with Crippen LogP contribution in [0.25, 0.3) is 22.3 Å². The van der Waals surface area contributed by atoms with Gasteiger partial charge in [0.15, 0.2) is 59.8 Å². The molecule has 9 unspecified atom stereocenters. The van der Waals surface area contributed by atoms with E-state index in [9.17, 15) is 23.7 Å². The first-order valence-electron chi connectivity index (χ1n) is 12.7. The molecule has 22 heteroatoms. The van der Waals surface area contributed by atoms with E-state index >= 15 is 4.39 Å². The van der Waals surface area contributed by atoms with Crippen LogP contribution in [0, 0.1) is 0 Å². The van der Waals surface area contributed by atoms with E-state index < -0.39 is 69.4 Å². The van der Waals surface area contributed by atoms with Gasteiger partial charge in [0.25, 0.3) is 5.56 Å². The highest BCUT2D eigenvalue weighted by atomic mass is 31.2. The molecular weight excluding hydrogens is 605 g/mol. The number of nitrogens with two attached hydrogens (primary N) is 2. The Bertz CT molecular complexity index is 1760. The molecule has 4 aromatic rings. The van der Waals surface area contributed by atoms with Gasteiger partial charge in [0.1, 0.15) is 24.1 Å². The number of hydrogen-bond acceptors (Lipinski definition) is 15. The van der Waals surface area contributed by atoms with Gasteiger partial charge in [-0.3, -0.25) is 28.0 Å². The number of nitrogen functional groups attached to an aromatic ring is 2. The van der Waals surface area contributed by atoms with Crippen LogP contribution in [-0.4, -0.2) is 99.2 Å². The summed E-state index contributed by atoms with van der Waals surface area (Å²) in [5.41, 5.74) is 10.7. The molecule has 0 amide bonds. The summed E-state index contributed by atoms with van der Waals surface area (Å²) in [4.78, 5) is 44.7. The molecule has 0 bridgehead atoms. The van der Waals surface area contributed by atoms with Crippen molar-refractivity contribution in [2.24, 2.45) is 0 Å². The highest BCUT2D eigenvalue weighted by Gasteiger charge is 2.52. The lowest BCUT2D eigenvalue weighted by Gasteiger charge is -2.24. The number of imidazole rings is 2. The van der Waals surface area contributed by atoms with Crippen molar-refractivity contribution in [2.75, 3.05) is 24.7 Å². The second kappa shape index (κ2) is 11.1. The quantitative estimate of drug-likeness (QED) is 0.145. The highest BCUT2D eigenvalue weighted by molar-refractivity contribution is 7.47. The molecule has 0 aliphatic carbocycles. The third-order valence-corrected chi connectivity index (χ3v) is 7.80. The van der Waals surface area contributed by atoms with Crippen molar-refractivity contribution in [3.63, 3.8) is 0 Å². The number of aliphatic hydroxyl groups excluding tert-OH is 1. The number of phosphoric acid groups is 1. The molecule has 2 aliphatic heterocycles. The average Bonchev–Trinajstić information content (AvgIpc) is 3.70. The molecule has 43 heavy (non-hydrogen) atoms. The van der Waals surface area contributed by atoms with Crippen LogP contribution in [0.4, 0.5) is 20.5 Å². The zero-order valence-corrected chi connectivity index (χ0v) is 22.9. The maximum atomic E-state index is 15.6. The summed E-state index contributed by atoms with van der Waals surface area (Å²) in [7, 11) is -5.16. The number of hydrogen-bond donors (Lipinski definition) is 5. The Morgan fingerprint density at radius 3 is 2.51 bits per heavy atom. The van der Waals surface area contributed by atoms with Crippen LogP contribution in [0.15, 0.2) is 23.8 Å². The van der Waals surface area contributed by atoms with E-state index in [1.807, 2.05) is 0 Å². The number of fused-ring (bicyclic) bond motifs is 2. The number of nitrogens with zero attached hydrogens (tertiary/aromatic N) is 7. The van der Waals surface area contributed by atoms with Crippen molar-refractivity contribution < 1.29 is 46.6 Å². The average molecular weight is 630 g/mol. The monoisotopic (exact) mass is 630 g/mol. The fraction of sp³-hybridized carbons (Fsp3) is 0.524. The zero-order valence-electron chi connectivity index (χ0n) is 22.0. The predicted octanol–water partition coefficient (Wildman–Crippen LogP) is -0.548. The van der Waals surface area contributed by atoms with Crippen LogP contribution in [0.2, 0.25) is 0 Å². The standard InChI is InChI=1S/C21H25F2N10O9P/c1-2-38-12-7(40-18(8(12)22)32-5-28-10-14(24)26-4-27-15(10)32)3-39-43(36,37)42-13-9(23)20(35)41-19(13)33-6-29-11-16(33)30-21(25)31-17(11)34/h4-9,12-13,18-20,35H,2-3H2,1H3,(H,36,37)(H2,24,26,27)(H3,25,30,31,34). The number of H-pyrrole nitrogens is 1. The van der Waals surface area contributed by atoms with Gasteiger partial charge < -0.3 is 35.7 Å². The first kappa shape index (κ1) is 29.4. The smallest absolute Gasteiger partial charge is 0.382 e. The summed E-state index contributed by atoms with van der Waals surface area (Å²) in [5, 5.41) is 10.0. The molecule has 0 spiro atoms. The minimum Gasteiger partial charge on any atom is -0.382 e. The van der Waals surface area contributed by atoms with Crippen molar-refractivity contribution in [3.05, 3.63) is 29.3 Å². The molecule has 0 aromatic carbocycles. The third-order valence-electron chi connectivity index (χ3n) is 6.82. The van der Waals surface area contributed by atoms with Crippen molar-refractivity contribution in [1.29, 1.82) is 0 Å². The second-order valence-corrected chi connectivity index (χ2v) is 10.9. The van der Waals surface area contributed by atoms with E-state index in [1.165, 1.54) is 17.2 Å². The van der Waals surface area contributed by atoms with Gasteiger partial charge in [0.05, 0.1) is 19.3 Å². The van der Waals surface area contributed by atoms with E-state index in [1.54, 1.807) is 6.92 Å². The fourth-order valence-corrected chi connectivity index (χ4v) is 5.85. The summed E-state index contributed by atoms with van der Waals surface area (Å²) in [5.74, 6) is -0.232. The molecule has 232 valence electrons. The largest absolute Gasteiger partial charge is 0.472 e. The van der Waals surface area contributed by atoms with Crippen LogP contribution in [0.1, 0.15) is 19.4 Å². The number of phosphoric ester groups is 1. The summed E-state index contributed by atoms with van der Waals surface area (Å²) in [6.45, 7) is 0.938.